The Balaban J connectivity index is 2.43. The van der Waals surface area contributed by atoms with Crippen molar-refractivity contribution in [2.75, 3.05) is 5.73 Å². The summed E-state index contributed by atoms with van der Waals surface area (Å²) in [5.41, 5.74) is 7.17. The first-order chi connectivity index (χ1) is 7.99. The lowest BCUT2D eigenvalue weighted by Crippen LogP contribution is -2.12. The molecule has 1 aromatic carbocycles. The van der Waals surface area contributed by atoms with Crippen LogP contribution in [0, 0.1) is 18.6 Å². The van der Waals surface area contributed by atoms with Crippen LogP contribution >= 0.6 is 0 Å². The van der Waals surface area contributed by atoms with Crippen LogP contribution in [0.1, 0.15) is 24.1 Å². The average Bonchev–Trinajstić information content (AvgIpc) is 2.57. The Bertz CT molecular complexity index is 528. The molecule has 0 fully saturated rings. The maximum atomic E-state index is 13.1. The fraction of sp³-hybridized carbons (Fsp3) is 0.250. The number of nitrogens with zero attached hydrogens (tertiary/aromatic N) is 2. The maximum Gasteiger partial charge on any atom is 0.126 e. The lowest BCUT2D eigenvalue weighted by molar-refractivity contribution is 0.544. The summed E-state index contributed by atoms with van der Waals surface area (Å²) in [7, 11) is 0. The summed E-state index contributed by atoms with van der Waals surface area (Å²) in [5.74, 6) is -0.703. The zero-order valence-electron chi connectivity index (χ0n) is 9.61. The van der Waals surface area contributed by atoms with Crippen molar-refractivity contribution in [3.63, 3.8) is 0 Å². The molecule has 90 valence electrons. The molecule has 0 bridgehead atoms. The van der Waals surface area contributed by atoms with Crippen LogP contribution in [-0.4, -0.2) is 9.78 Å². The SMILES string of the molecule is Cc1cnn(C(C)c2cc(F)cc(F)c2)c1N. The van der Waals surface area contributed by atoms with Crippen molar-refractivity contribution in [1.82, 2.24) is 9.78 Å². The van der Waals surface area contributed by atoms with Gasteiger partial charge < -0.3 is 5.73 Å². The van der Waals surface area contributed by atoms with E-state index in [4.69, 9.17) is 5.73 Å². The second-order valence-electron chi connectivity index (χ2n) is 4.04. The Hall–Kier alpha value is -1.91. The van der Waals surface area contributed by atoms with E-state index in [-0.39, 0.29) is 6.04 Å². The number of nitrogen functional groups attached to an aromatic ring is 1. The number of halogens is 2. The highest BCUT2D eigenvalue weighted by Crippen LogP contribution is 2.23. The van der Waals surface area contributed by atoms with E-state index >= 15 is 0 Å². The standard InChI is InChI=1S/C12H13F2N3/c1-7-6-16-17(12(7)15)8(2)9-3-10(13)5-11(14)4-9/h3-6,8H,15H2,1-2H3. The summed E-state index contributed by atoms with van der Waals surface area (Å²) in [5, 5.41) is 4.10. The van der Waals surface area contributed by atoms with Crippen LogP contribution in [0.25, 0.3) is 0 Å². The number of hydrogen-bond acceptors (Lipinski definition) is 2. The van der Waals surface area contributed by atoms with Crippen molar-refractivity contribution in [2.45, 2.75) is 19.9 Å². The molecule has 0 saturated carbocycles. The highest BCUT2D eigenvalue weighted by molar-refractivity contribution is 5.39. The number of benzene rings is 1. The minimum atomic E-state index is -0.603. The van der Waals surface area contributed by atoms with Gasteiger partial charge in [0, 0.05) is 11.6 Å². The van der Waals surface area contributed by atoms with Crippen molar-refractivity contribution in [3.8, 4) is 0 Å². The van der Waals surface area contributed by atoms with E-state index in [2.05, 4.69) is 5.10 Å². The lowest BCUT2D eigenvalue weighted by atomic mass is 10.1. The Labute approximate surface area is 97.9 Å². The highest BCUT2D eigenvalue weighted by atomic mass is 19.1. The van der Waals surface area contributed by atoms with E-state index in [1.807, 2.05) is 6.92 Å². The van der Waals surface area contributed by atoms with Gasteiger partial charge in [-0.1, -0.05) is 0 Å². The van der Waals surface area contributed by atoms with E-state index in [1.165, 1.54) is 12.1 Å². The monoisotopic (exact) mass is 237 g/mol. The zero-order valence-corrected chi connectivity index (χ0v) is 9.61. The van der Waals surface area contributed by atoms with Crippen LogP contribution in [-0.2, 0) is 0 Å². The number of rotatable bonds is 2. The molecule has 17 heavy (non-hydrogen) atoms. The van der Waals surface area contributed by atoms with Crippen LogP contribution in [0.2, 0.25) is 0 Å². The second kappa shape index (κ2) is 4.16. The van der Waals surface area contributed by atoms with Crippen LogP contribution in [0.3, 0.4) is 0 Å². The number of nitrogens with two attached hydrogens (primary N) is 1. The van der Waals surface area contributed by atoms with Crippen LogP contribution in [0.5, 0.6) is 0 Å². The molecule has 1 atom stereocenters. The minimum Gasteiger partial charge on any atom is -0.384 e. The Morgan fingerprint density at radius 1 is 1.24 bits per heavy atom. The van der Waals surface area contributed by atoms with Crippen molar-refractivity contribution in [3.05, 3.63) is 47.2 Å². The fourth-order valence-electron chi connectivity index (χ4n) is 1.72. The quantitative estimate of drug-likeness (QED) is 0.872. The van der Waals surface area contributed by atoms with Gasteiger partial charge in [0.1, 0.15) is 17.5 Å². The number of aryl methyl sites for hydroxylation is 1. The van der Waals surface area contributed by atoms with E-state index in [0.717, 1.165) is 11.6 Å². The van der Waals surface area contributed by atoms with Gasteiger partial charge in [-0.2, -0.15) is 5.10 Å². The van der Waals surface area contributed by atoms with Gasteiger partial charge in [-0.05, 0) is 31.5 Å². The van der Waals surface area contributed by atoms with Crippen LogP contribution in [0.4, 0.5) is 14.6 Å². The third-order valence-electron chi connectivity index (χ3n) is 2.76. The minimum absolute atomic E-state index is 0.311. The summed E-state index contributed by atoms with van der Waals surface area (Å²) in [6.07, 6.45) is 1.63. The fourth-order valence-corrected chi connectivity index (χ4v) is 1.72. The predicted molar refractivity (Wildman–Crippen MR) is 61.5 cm³/mol. The van der Waals surface area contributed by atoms with E-state index in [9.17, 15) is 8.78 Å². The molecule has 0 spiro atoms. The molecule has 1 heterocycles. The van der Waals surface area contributed by atoms with Crippen LogP contribution in [0.15, 0.2) is 24.4 Å². The first kappa shape index (κ1) is 11.6. The molecule has 3 nitrogen and oxygen atoms in total. The molecule has 0 radical (unpaired) electrons. The lowest BCUT2D eigenvalue weighted by Gasteiger charge is -2.14. The molecule has 1 aromatic heterocycles. The molecule has 2 rings (SSSR count). The Morgan fingerprint density at radius 2 is 1.82 bits per heavy atom. The normalized spacial score (nSPS) is 12.7. The van der Waals surface area contributed by atoms with Crippen molar-refractivity contribution in [2.24, 2.45) is 0 Å². The molecule has 1 unspecified atom stereocenters. The third kappa shape index (κ3) is 2.13. The molecular weight excluding hydrogens is 224 g/mol. The Morgan fingerprint density at radius 3 is 2.29 bits per heavy atom. The topological polar surface area (TPSA) is 43.8 Å². The van der Waals surface area contributed by atoms with Gasteiger partial charge in [-0.3, -0.25) is 0 Å². The second-order valence-corrected chi connectivity index (χ2v) is 4.04. The molecule has 0 amide bonds. The smallest absolute Gasteiger partial charge is 0.126 e. The van der Waals surface area contributed by atoms with Gasteiger partial charge in [-0.15, -0.1) is 0 Å². The molecule has 2 aromatic rings. The van der Waals surface area contributed by atoms with Crippen molar-refractivity contribution >= 4 is 5.82 Å². The van der Waals surface area contributed by atoms with Gasteiger partial charge in [0.2, 0.25) is 0 Å². The molecule has 0 saturated heterocycles. The van der Waals surface area contributed by atoms with E-state index < -0.39 is 11.6 Å². The zero-order chi connectivity index (χ0) is 12.6. The average molecular weight is 237 g/mol. The molecule has 0 aliphatic heterocycles. The molecule has 0 aliphatic rings. The Kier molecular flexibility index (Phi) is 2.83. The van der Waals surface area contributed by atoms with Crippen molar-refractivity contribution in [1.29, 1.82) is 0 Å². The number of hydrogen-bond donors (Lipinski definition) is 1. The highest BCUT2D eigenvalue weighted by Gasteiger charge is 2.14. The number of anilines is 1. The summed E-state index contributed by atoms with van der Waals surface area (Å²) in [4.78, 5) is 0. The molecule has 0 aliphatic carbocycles. The maximum absolute atomic E-state index is 13.1. The van der Waals surface area contributed by atoms with Gasteiger partial charge in [0.15, 0.2) is 0 Å². The van der Waals surface area contributed by atoms with Gasteiger partial charge in [0.05, 0.1) is 12.2 Å². The van der Waals surface area contributed by atoms with E-state index in [1.54, 1.807) is 17.8 Å². The van der Waals surface area contributed by atoms with Gasteiger partial charge in [0.25, 0.3) is 0 Å². The predicted octanol–water partition coefficient (Wildman–Crippen LogP) is 2.66. The molecule has 2 N–H and O–H groups in total. The first-order valence-corrected chi connectivity index (χ1v) is 5.24. The molecular formula is C12H13F2N3. The summed E-state index contributed by atoms with van der Waals surface area (Å²) >= 11 is 0. The van der Waals surface area contributed by atoms with Gasteiger partial charge >= 0.3 is 0 Å². The molecule has 5 heteroatoms. The van der Waals surface area contributed by atoms with E-state index in [0.29, 0.717) is 11.4 Å². The van der Waals surface area contributed by atoms with Crippen LogP contribution < -0.4 is 5.73 Å². The van der Waals surface area contributed by atoms with Gasteiger partial charge in [-0.25, -0.2) is 13.5 Å². The first-order valence-electron chi connectivity index (χ1n) is 5.24. The summed E-state index contributed by atoms with van der Waals surface area (Å²) in [6.45, 7) is 3.62. The summed E-state index contributed by atoms with van der Waals surface area (Å²) in [6, 6.07) is 3.09. The number of aromatic nitrogens is 2. The largest absolute Gasteiger partial charge is 0.384 e. The third-order valence-corrected chi connectivity index (χ3v) is 2.76. The van der Waals surface area contributed by atoms with Crippen molar-refractivity contribution < 1.29 is 8.78 Å². The summed E-state index contributed by atoms with van der Waals surface area (Å²) < 4.78 is 27.8.